The molecular weight excluding hydrogens is 436 g/mol. The Balaban J connectivity index is 1.81. The molecule has 2 aromatic carbocycles. The standard InChI is InChI=1S/C26H34N2O6/c1-26(2,3)34-23(29)15-10-17-28(25(31)33-20-22-13-8-5-9-14-22)18-16-27-24(30)32-19-21-11-6-4-7-12-21/h4-9,11-14H,10,15-20H2,1-3H3,(H,27,30). The van der Waals surface area contributed by atoms with Crippen LogP contribution in [0.5, 0.6) is 0 Å². The lowest BCUT2D eigenvalue weighted by molar-refractivity contribution is -0.155. The first-order chi connectivity index (χ1) is 16.2. The maximum absolute atomic E-state index is 12.7. The van der Waals surface area contributed by atoms with Gasteiger partial charge in [0.2, 0.25) is 0 Å². The van der Waals surface area contributed by atoms with Gasteiger partial charge < -0.3 is 24.4 Å². The normalized spacial score (nSPS) is 10.8. The van der Waals surface area contributed by atoms with E-state index in [1.807, 2.05) is 60.7 Å². The van der Waals surface area contributed by atoms with Gasteiger partial charge >= 0.3 is 18.2 Å². The number of hydrogen-bond donors (Lipinski definition) is 1. The molecule has 184 valence electrons. The van der Waals surface area contributed by atoms with Crippen molar-refractivity contribution in [3.05, 3.63) is 71.8 Å². The van der Waals surface area contributed by atoms with E-state index in [1.165, 1.54) is 4.90 Å². The van der Waals surface area contributed by atoms with Crippen molar-refractivity contribution in [3.8, 4) is 0 Å². The van der Waals surface area contributed by atoms with Gasteiger partial charge in [0.1, 0.15) is 18.8 Å². The maximum Gasteiger partial charge on any atom is 0.410 e. The molecule has 2 rings (SSSR count). The summed E-state index contributed by atoms with van der Waals surface area (Å²) >= 11 is 0. The van der Waals surface area contributed by atoms with Crippen molar-refractivity contribution >= 4 is 18.2 Å². The molecule has 0 saturated carbocycles. The Morgan fingerprint density at radius 1 is 0.824 bits per heavy atom. The molecule has 0 radical (unpaired) electrons. The zero-order chi connectivity index (χ0) is 24.8. The van der Waals surface area contributed by atoms with E-state index in [4.69, 9.17) is 14.2 Å². The third-order valence-corrected chi connectivity index (χ3v) is 4.56. The van der Waals surface area contributed by atoms with Gasteiger partial charge in [0, 0.05) is 26.1 Å². The second-order valence-electron chi connectivity index (χ2n) is 8.71. The van der Waals surface area contributed by atoms with E-state index in [9.17, 15) is 14.4 Å². The second kappa shape index (κ2) is 13.9. The lowest BCUT2D eigenvalue weighted by Gasteiger charge is -2.23. The third kappa shape index (κ3) is 11.4. The average Bonchev–Trinajstić information content (AvgIpc) is 2.80. The van der Waals surface area contributed by atoms with Crippen molar-refractivity contribution in [2.45, 2.75) is 52.4 Å². The number of alkyl carbamates (subject to hydrolysis) is 1. The number of nitrogens with zero attached hydrogens (tertiary/aromatic N) is 1. The predicted octanol–water partition coefficient (Wildman–Crippen LogP) is 4.67. The fraction of sp³-hybridized carbons (Fsp3) is 0.423. The molecule has 0 atom stereocenters. The average molecular weight is 471 g/mol. The molecule has 0 spiro atoms. The van der Waals surface area contributed by atoms with Gasteiger partial charge in [0.05, 0.1) is 0 Å². The van der Waals surface area contributed by atoms with Gasteiger partial charge in [-0.1, -0.05) is 60.7 Å². The molecule has 0 unspecified atom stereocenters. The maximum atomic E-state index is 12.7. The lowest BCUT2D eigenvalue weighted by atomic mass is 10.2. The molecule has 0 saturated heterocycles. The van der Waals surface area contributed by atoms with Crippen LogP contribution in [0.4, 0.5) is 9.59 Å². The Bertz CT molecular complexity index is 897. The van der Waals surface area contributed by atoms with E-state index in [-0.39, 0.29) is 45.2 Å². The van der Waals surface area contributed by atoms with Crippen LogP contribution in [0.3, 0.4) is 0 Å². The highest BCUT2D eigenvalue weighted by Crippen LogP contribution is 2.10. The summed E-state index contributed by atoms with van der Waals surface area (Å²) in [6.45, 7) is 6.39. The molecule has 0 heterocycles. The largest absolute Gasteiger partial charge is 0.460 e. The van der Waals surface area contributed by atoms with Crippen LogP contribution >= 0.6 is 0 Å². The molecule has 0 bridgehead atoms. The molecule has 8 heteroatoms. The molecule has 0 fully saturated rings. The number of amides is 2. The molecule has 1 N–H and O–H groups in total. The third-order valence-electron chi connectivity index (χ3n) is 4.56. The Labute approximate surface area is 201 Å². The molecule has 0 aliphatic carbocycles. The van der Waals surface area contributed by atoms with Crippen molar-refractivity contribution in [2.24, 2.45) is 0 Å². The highest BCUT2D eigenvalue weighted by molar-refractivity contribution is 5.70. The summed E-state index contributed by atoms with van der Waals surface area (Å²) in [5, 5.41) is 2.64. The van der Waals surface area contributed by atoms with Crippen LogP contribution in [0.1, 0.15) is 44.7 Å². The number of benzene rings is 2. The van der Waals surface area contributed by atoms with E-state index in [1.54, 1.807) is 20.8 Å². The Kier molecular flexibility index (Phi) is 10.9. The second-order valence-corrected chi connectivity index (χ2v) is 8.71. The highest BCUT2D eigenvalue weighted by Gasteiger charge is 2.19. The van der Waals surface area contributed by atoms with Crippen molar-refractivity contribution in [1.82, 2.24) is 10.2 Å². The molecule has 0 aliphatic heterocycles. The van der Waals surface area contributed by atoms with Crippen molar-refractivity contribution in [2.75, 3.05) is 19.6 Å². The molecule has 34 heavy (non-hydrogen) atoms. The summed E-state index contributed by atoms with van der Waals surface area (Å²) in [4.78, 5) is 38.1. The van der Waals surface area contributed by atoms with Gasteiger partial charge in [-0.2, -0.15) is 0 Å². The smallest absolute Gasteiger partial charge is 0.410 e. The highest BCUT2D eigenvalue weighted by atomic mass is 16.6. The van der Waals surface area contributed by atoms with Crippen LogP contribution in [0, 0.1) is 0 Å². The summed E-state index contributed by atoms with van der Waals surface area (Å²) in [5.74, 6) is -0.326. The van der Waals surface area contributed by atoms with Crippen LogP contribution in [0.25, 0.3) is 0 Å². The van der Waals surface area contributed by atoms with Crippen LogP contribution in [0.2, 0.25) is 0 Å². The van der Waals surface area contributed by atoms with Crippen molar-refractivity contribution in [3.63, 3.8) is 0 Å². The Hall–Kier alpha value is -3.55. The van der Waals surface area contributed by atoms with E-state index in [0.29, 0.717) is 6.42 Å². The first-order valence-electron chi connectivity index (χ1n) is 11.3. The number of hydrogen-bond acceptors (Lipinski definition) is 6. The lowest BCUT2D eigenvalue weighted by Crippen LogP contribution is -2.39. The molecule has 8 nitrogen and oxygen atoms in total. The van der Waals surface area contributed by atoms with Crippen LogP contribution in [-0.2, 0) is 32.2 Å². The number of esters is 1. The summed E-state index contributed by atoms with van der Waals surface area (Å²) < 4.78 is 15.9. The molecule has 0 aromatic heterocycles. The predicted molar refractivity (Wildman–Crippen MR) is 128 cm³/mol. The van der Waals surface area contributed by atoms with Crippen LogP contribution in [-0.4, -0.2) is 48.3 Å². The first-order valence-corrected chi connectivity index (χ1v) is 11.3. The van der Waals surface area contributed by atoms with Gasteiger partial charge in [0.25, 0.3) is 0 Å². The minimum atomic E-state index is -0.574. The monoisotopic (exact) mass is 470 g/mol. The zero-order valence-electron chi connectivity index (χ0n) is 20.1. The van der Waals surface area contributed by atoms with Crippen LogP contribution in [0.15, 0.2) is 60.7 Å². The first kappa shape index (κ1) is 26.7. The van der Waals surface area contributed by atoms with Gasteiger partial charge in [-0.05, 0) is 38.3 Å². The van der Waals surface area contributed by atoms with E-state index in [0.717, 1.165) is 11.1 Å². The molecule has 2 aromatic rings. The number of ether oxygens (including phenoxy) is 3. The number of rotatable bonds is 11. The van der Waals surface area contributed by atoms with Gasteiger partial charge in [0.15, 0.2) is 0 Å². The number of carbonyl (C=O) groups excluding carboxylic acids is 3. The summed E-state index contributed by atoms with van der Waals surface area (Å²) in [6, 6.07) is 18.7. The quantitative estimate of drug-likeness (QED) is 0.379. The van der Waals surface area contributed by atoms with Crippen molar-refractivity contribution in [1.29, 1.82) is 0 Å². The Morgan fingerprint density at radius 2 is 1.38 bits per heavy atom. The minimum absolute atomic E-state index is 0.134. The van der Waals surface area contributed by atoms with Crippen LogP contribution < -0.4 is 5.32 Å². The number of carbonyl (C=O) groups is 3. The molecule has 2 amide bonds. The molecular formula is C26H34N2O6. The number of nitrogens with one attached hydrogen (secondary N) is 1. The van der Waals surface area contributed by atoms with Crippen molar-refractivity contribution < 1.29 is 28.6 Å². The topological polar surface area (TPSA) is 94.2 Å². The fourth-order valence-electron chi connectivity index (χ4n) is 2.98. The van der Waals surface area contributed by atoms with Gasteiger partial charge in [-0.3, -0.25) is 4.79 Å². The SMILES string of the molecule is CC(C)(C)OC(=O)CCCN(CCNC(=O)OCc1ccccc1)C(=O)OCc1ccccc1. The summed E-state index contributed by atoms with van der Waals surface area (Å²) in [6.07, 6.45) is -0.511. The zero-order valence-corrected chi connectivity index (χ0v) is 20.1. The van der Waals surface area contributed by atoms with E-state index < -0.39 is 17.8 Å². The van der Waals surface area contributed by atoms with E-state index >= 15 is 0 Å². The fourth-order valence-corrected chi connectivity index (χ4v) is 2.98. The summed E-state index contributed by atoms with van der Waals surface area (Å²) in [7, 11) is 0. The van der Waals surface area contributed by atoms with E-state index in [2.05, 4.69) is 5.32 Å². The van der Waals surface area contributed by atoms with Gasteiger partial charge in [-0.25, -0.2) is 9.59 Å². The van der Waals surface area contributed by atoms with Gasteiger partial charge in [-0.15, -0.1) is 0 Å². The minimum Gasteiger partial charge on any atom is -0.460 e. The summed E-state index contributed by atoms with van der Waals surface area (Å²) in [5.41, 5.74) is 1.19. The molecule has 0 aliphatic rings. The Morgan fingerprint density at radius 3 is 1.94 bits per heavy atom.